The van der Waals surface area contributed by atoms with Gasteiger partial charge in [-0.15, -0.1) is 0 Å². The highest BCUT2D eigenvalue weighted by Crippen LogP contribution is 2.35. The van der Waals surface area contributed by atoms with Gasteiger partial charge in [0.05, 0.1) is 26.7 Å². The van der Waals surface area contributed by atoms with Gasteiger partial charge in [0, 0.05) is 5.56 Å². The third kappa shape index (κ3) is 5.14. The average Bonchev–Trinajstić information content (AvgIpc) is 2.65. The Morgan fingerprint density at radius 1 is 1.04 bits per heavy atom. The molecule has 1 atom stereocenters. The van der Waals surface area contributed by atoms with E-state index in [-0.39, 0.29) is 13.0 Å². The Morgan fingerprint density at radius 2 is 1.77 bits per heavy atom. The van der Waals surface area contributed by atoms with E-state index in [0.29, 0.717) is 17.1 Å². The Hall–Kier alpha value is -3.22. The zero-order valence-corrected chi connectivity index (χ0v) is 14.6. The number of amides is 1. The van der Waals surface area contributed by atoms with Gasteiger partial charge in [-0.3, -0.25) is 4.79 Å². The van der Waals surface area contributed by atoms with Crippen molar-refractivity contribution in [3.8, 4) is 11.5 Å². The van der Waals surface area contributed by atoms with Gasteiger partial charge in [-0.1, -0.05) is 42.5 Å². The van der Waals surface area contributed by atoms with E-state index in [1.54, 1.807) is 18.2 Å². The fourth-order valence-corrected chi connectivity index (χ4v) is 2.51. The molecule has 7 nitrogen and oxygen atoms in total. The molecule has 2 aromatic rings. The van der Waals surface area contributed by atoms with Gasteiger partial charge in [0.25, 0.3) is 0 Å². The summed E-state index contributed by atoms with van der Waals surface area (Å²) in [6.45, 7) is 0.0850. The minimum absolute atomic E-state index is 0.0850. The van der Waals surface area contributed by atoms with Gasteiger partial charge in [0.2, 0.25) is 0 Å². The topological polar surface area (TPSA) is 94.1 Å². The molecule has 0 saturated heterocycles. The molecule has 0 aliphatic heterocycles. The van der Waals surface area contributed by atoms with E-state index >= 15 is 0 Å². The summed E-state index contributed by atoms with van der Waals surface area (Å²) in [7, 11) is 2.93. The quantitative estimate of drug-likeness (QED) is 0.752. The van der Waals surface area contributed by atoms with Crippen LogP contribution in [-0.4, -0.2) is 31.4 Å². The SMILES string of the molecule is COc1cccc([C@H](CC(=O)O)NC(=O)OCc2ccccc2)c1OC. The second kappa shape index (κ2) is 9.31. The van der Waals surface area contributed by atoms with E-state index in [1.807, 2.05) is 30.3 Å². The van der Waals surface area contributed by atoms with Crippen molar-refractivity contribution in [2.24, 2.45) is 0 Å². The van der Waals surface area contributed by atoms with Crippen molar-refractivity contribution in [2.45, 2.75) is 19.1 Å². The molecule has 0 aliphatic rings. The molecule has 7 heteroatoms. The Kier molecular flexibility index (Phi) is 6.84. The molecule has 138 valence electrons. The van der Waals surface area contributed by atoms with Gasteiger partial charge < -0.3 is 24.6 Å². The zero-order valence-electron chi connectivity index (χ0n) is 14.6. The van der Waals surface area contributed by atoms with Crippen LogP contribution in [0.3, 0.4) is 0 Å². The molecule has 0 spiro atoms. The summed E-state index contributed by atoms with van der Waals surface area (Å²) in [5.41, 5.74) is 1.32. The standard InChI is InChI=1S/C19H21NO6/c1-24-16-10-6-9-14(18(16)25-2)15(11-17(21)22)20-19(23)26-12-13-7-4-3-5-8-13/h3-10,15H,11-12H2,1-2H3,(H,20,23)(H,21,22)/t15-/m0/s1. The maximum absolute atomic E-state index is 12.1. The van der Waals surface area contributed by atoms with Gasteiger partial charge in [0.15, 0.2) is 11.5 Å². The van der Waals surface area contributed by atoms with Crippen molar-refractivity contribution < 1.29 is 28.9 Å². The Balaban J connectivity index is 2.15. The molecule has 0 fully saturated rings. The highest BCUT2D eigenvalue weighted by molar-refractivity contribution is 5.72. The van der Waals surface area contributed by atoms with E-state index < -0.39 is 18.1 Å². The lowest BCUT2D eigenvalue weighted by Gasteiger charge is -2.21. The van der Waals surface area contributed by atoms with E-state index in [1.165, 1.54) is 14.2 Å². The molecule has 0 saturated carbocycles. The van der Waals surface area contributed by atoms with Gasteiger partial charge in [-0.25, -0.2) is 4.79 Å². The van der Waals surface area contributed by atoms with Gasteiger partial charge in [-0.2, -0.15) is 0 Å². The van der Waals surface area contributed by atoms with Crippen molar-refractivity contribution in [1.82, 2.24) is 5.32 Å². The molecule has 2 N–H and O–H groups in total. The minimum atomic E-state index is -1.07. The predicted octanol–water partition coefficient (Wildman–Crippen LogP) is 3.15. The number of carboxylic acids is 1. The summed E-state index contributed by atoms with van der Waals surface area (Å²) in [6.07, 6.45) is -1.05. The summed E-state index contributed by atoms with van der Waals surface area (Å²) in [4.78, 5) is 23.4. The first-order valence-electron chi connectivity index (χ1n) is 7.95. The Morgan fingerprint density at radius 3 is 2.38 bits per heavy atom. The van der Waals surface area contributed by atoms with Crippen LogP contribution in [0.2, 0.25) is 0 Å². The predicted molar refractivity (Wildman–Crippen MR) is 94.3 cm³/mol. The van der Waals surface area contributed by atoms with E-state index in [0.717, 1.165) is 5.56 Å². The number of hydrogen-bond donors (Lipinski definition) is 2. The fraction of sp³-hybridized carbons (Fsp3) is 0.263. The zero-order chi connectivity index (χ0) is 18.9. The van der Waals surface area contributed by atoms with Gasteiger partial charge >= 0.3 is 12.1 Å². The summed E-state index contributed by atoms with van der Waals surface area (Å²) >= 11 is 0. The largest absolute Gasteiger partial charge is 0.493 e. The van der Waals surface area contributed by atoms with Crippen LogP contribution in [0.4, 0.5) is 4.79 Å². The van der Waals surface area contributed by atoms with E-state index in [2.05, 4.69) is 5.32 Å². The van der Waals surface area contributed by atoms with Gasteiger partial charge in [-0.05, 0) is 11.6 Å². The molecule has 0 bridgehead atoms. The normalized spacial score (nSPS) is 11.3. The van der Waals surface area contributed by atoms with Crippen LogP contribution in [0, 0.1) is 0 Å². The number of hydrogen-bond acceptors (Lipinski definition) is 5. The number of para-hydroxylation sites is 1. The molecule has 0 heterocycles. The lowest BCUT2D eigenvalue weighted by Crippen LogP contribution is -2.31. The second-order valence-electron chi connectivity index (χ2n) is 5.44. The number of aliphatic carboxylic acids is 1. The smallest absolute Gasteiger partial charge is 0.407 e. The fourth-order valence-electron chi connectivity index (χ4n) is 2.51. The lowest BCUT2D eigenvalue weighted by molar-refractivity contribution is -0.137. The van der Waals surface area contributed by atoms with E-state index in [4.69, 9.17) is 14.2 Å². The third-order valence-corrected chi connectivity index (χ3v) is 3.69. The summed E-state index contributed by atoms with van der Waals surface area (Å²) < 4.78 is 15.7. The molecule has 0 radical (unpaired) electrons. The van der Waals surface area contributed by atoms with E-state index in [9.17, 15) is 14.7 Å². The van der Waals surface area contributed by atoms with Crippen LogP contribution in [0.25, 0.3) is 0 Å². The first-order valence-corrected chi connectivity index (χ1v) is 7.95. The van der Waals surface area contributed by atoms with Crippen LogP contribution in [0.15, 0.2) is 48.5 Å². The molecule has 0 aliphatic carbocycles. The third-order valence-electron chi connectivity index (χ3n) is 3.69. The van der Waals surface area contributed by atoms with Crippen molar-refractivity contribution in [2.75, 3.05) is 14.2 Å². The summed E-state index contributed by atoms with van der Waals surface area (Å²) in [5, 5.41) is 11.8. The number of nitrogens with one attached hydrogen (secondary N) is 1. The number of carboxylic acid groups (broad SMARTS) is 1. The van der Waals surface area contributed by atoms with Crippen LogP contribution >= 0.6 is 0 Å². The first kappa shape index (κ1) is 19.1. The maximum atomic E-state index is 12.1. The summed E-state index contributed by atoms with van der Waals surface area (Å²) in [5.74, 6) is -0.257. The second-order valence-corrected chi connectivity index (χ2v) is 5.44. The van der Waals surface area contributed by atoms with Crippen molar-refractivity contribution in [3.05, 3.63) is 59.7 Å². The lowest BCUT2D eigenvalue weighted by atomic mass is 10.0. The number of methoxy groups -OCH3 is 2. The number of carbonyl (C=O) groups excluding carboxylic acids is 1. The molecule has 0 aromatic heterocycles. The minimum Gasteiger partial charge on any atom is -0.493 e. The summed E-state index contributed by atoms with van der Waals surface area (Å²) in [6, 6.07) is 13.4. The highest BCUT2D eigenvalue weighted by Gasteiger charge is 2.24. The number of carbonyl (C=O) groups is 2. The molecular weight excluding hydrogens is 338 g/mol. The monoisotopic (exact) mass is 359 g/mol. The number of ether oxygens (including phenoxy) is 3. The van der Waals surface area contributed by atoms with Crippen LogP contribution in [0.5, 0.6) is 11.5 Å². The maximum Gasteiger partial charge on any atom is 0.407 e. The molecule has 1 amide bonds. The molecule has 26 heavy (non-hydrogen) atoms. The Labute approximate surface area is 151 Å². The highest BCUT2D eigenvalue weighted by atomic mass is 16.5. The molecule has 0 unspecified atom stereocenters. The molecular formula is C19H21NO6. The average molecular weight is 359 g/mol. The van der Waals surface area contributed by atoms with Crippen molar-refractivity contribution >= 4 is 12.1 Å². The van der Waals surface area contributed by atoms with Crippen LogP contribution in [-0.2, 0) is 16.1 Å². The number of benzene rings is 2. The van der Waals surface area contributed by atoms with Crippen LogP contribution < -0.4 is 14.8 Å². The van der Waals surface area contributed by atoms with Crippen molar-refractivity contribution in [3.63, 3.8) is 0 Å². The number of alkyl carbamates (subject to hydrolysis) is 1. The van der Waals surface area contributed by atoms with Gasteiger partial charge in [0.1, 0.15) is 6.61 Å². The van der Waals surface area contributed by atoms with Crippen LogP contribution in [0.1, 0.15) is 23.6 Å². The first-order chi connectivity index (χ1) is 12.5. The molecule has 2 rings (SSSR count). The molecule has 2 aromatic carbocycles. The number of rotatable bonds is 8. The van der Waals surface area contributed by atoms with Crippen molar-refractivity contribution in [1.29, 1.82) is 0 Å². The Bertz CT molecular complexity index is 747.